The van der Waals surface area contributed by atoms with Gasteiger partial charge in [-0.05, 0) is 18.9 Å². The SMILES string of the molecule is CCCC(/C(=N/N)NN)N1CCOC(Cc2ccc(C)cc2)C1=O. The maximum Gasteiger partial charge on any atom is 0.252 e. The Labute approximate surface area is 143 Å². The van der Waals surface area contributed by atoms with E-state index in [1.807, 2.05) is 38.1 Å². The zero-order valence-electron chi connectivity index (χ0n) is 14.4. The molecule has 1 saturated heterocycles. The van der Waals surface area contributed by atoms with E-state index in [1.165, 1.54) is 5.56 Å². The van der Waals surface area contributed by atoms with Crippen LogP contribution in [0.25, 0.3) is 0 Å². The van der Waals surface area contributed by atoms with Crippen LogP contribution in [0.3, 0.4) is 0 Å². The molecule has 2 atom stereocenters. The van der Waals surface area contributed by atoms with Crippen LogP contribution in [0.4, 0.5) is 0 Å². The second-order valence-corrected chi connectivity index (χ2v) is 6.04. The number of benzene rings is 1. The van der Waals surface area contributed by atoms with E-state index < -0.39 is 6.10 Å². The smallest absolute Gasteiger partial charge is 0.252 e. The summed E-state index contributed by atoms with van der Waals surface area (Å²) < 4.78 is 5.72. The van der Waals surface area contributed by atoms with Gasteiger partial charge in [-0.2, -0.15) is 5.10 Å². The Morgan fingerprint density at radius 3 is 2.75 bits per heavy atom. The second kappa shape index (κ2) is 8.65. The highest BCUT2D eigenvalue weighted by atomic mass is 16.5. The predicted molar refractivity (Wildman–Crippen MR) is 94.0 cm³/mol. The van der Waals surface area contributed by atoms with Gasteiger partial charge < -0.3 is 20.9 Å². The minimum atomic E-state index is -0.488. The number of morpholine rings is 1. The fourth-order valence-corrected chi connectivity index (χ4v) is 2.99. The molecule has 1 amide bonds. The third kappa shape index (κ3) is 4.24. The highest BCUT2D eigenvalue weighted by Gasteiger charge is 2.35. The fourth-order valence-electron chi connectivity index (χ4n) is 2.99. The number of ether oxygens (including phenoxy) is 1. The maximum atomic E-state index is 12.9. The van der Waals surface area contributed by atoms with E-state index in [0.717, 1.165) is 18.4 Å². The lowest BCUT2D eigenvalue weighted by Crippen LogP contribution is -2.58. The van der Waals surface area contributed by atoms with Crippen LogP contribution in [0.15, 0.2) is 29.4 Å². The number of hydrogen-bond donors (Lipinski definition) is 3. The molecule has 0 spiro atoms. The number of hydrogen-bond acceptors (Lipinski definition) is 5. The van der Waals surface area contributed by atoms with Gasteiger partial charge in [0.25, 0.3) is 5.91 Å². The zero-order chi connectivity index (χ0) is 17.5. The van der Waals surface area contributed by atoms with Crippen LogP contribution in [0.2, 0.25) is 0 Å². The van der Waals surface area contributed by atoms with Crippen molar-refractivity contribution < 1.29 is 9.53 Å². The summed E-state index contributed by atoms with van der Waals surface area (Å²) in [5.74, 6) is 11.3. The van der Waals surface area contributed by atoms with Crippen molar-refractivity contribution in [2.24, 2.45) is 16.8 Å². The quantitative estimate of drug-likeness (QED) is 0.307. The molecule has 132 valence electrons. The van der Waals surface area contributed by atoms with Gasteiger partial charge in [-0.3, -0.25) is 4.79 Å². The number of nitrogens with one attached hydrogen (secondary N) is 1. The lowest BCUT2D eigenvalue weighted by molar-refractivity contribution is -0.154. The Kier molecular flexibility index (Phi) is 6.57. The molecule has 0 aromatic heterocycles. The first kappa shape index (κ1) is 18.2. The standard InChI is InChI=1S/C17H27N5O2/c1-3-4-14(16(20-18)21-19)22-9-10-24-15(17(22)23)11-13-7-5-12(2)6-8-13/h5-8,14-15H,3-4,9-11,18-19H2,1-2H3,(H,20,21). The lowest BCUT2D eigenvalue weighted by atomic mass is 10.0. The second-order valence-electron chi connectivity index (χ2n) is 6.04. The number of nitrogens with two attached hydrogens (primary N) is 2. The van der Waals surface area contributed by atoms with Crippen molar-refractivity contribution in [1.82, 2.24) is 10.3 Å². The molecule has 7 heteroatoms. The van der Waals surface area contributed by atoms with Crippen LogP contribution in [0.1, 0.15) is 30.9 Å². The summed E-state index contributed by atoms with van der Waals surface area (Å²) in [6.45, 7) is 5.09. The molecule has 0 saturated carbocycles. The van der Waals surface area contributed by atoms with E-state index in [1.54, 1.807) is 4.90 Å². The minimum Gasteiger partial charge on any atom is -0.366 e. The Morgan fingerprint density at radius 2 is 2.17 bits per heavy atom. The minimum absolute atomic E-state index is 0.0447. The molecule has 1 aliphatic heterocycles. The molecule has 24 heavy (non-hydrogen) atoms. The van der Waals surface area contributed by atoms with E-state index in [9.17, 15) is 4.79 Å². The summed E-state index contributed by atoms with van der Waals surface area (Å²) in [6, 6.07) is 7.89. The maximum absolute atomic E-state index is 12.9. The topological polar surface area (TPSA) is 106 Å². The van der Waals surface area contributed by atoms with Crippen molar-refractivity contribution in [2.45, 2.75) is 45.3 Å². The number of amides is 1. The summed E-state index contributed by atoms with van der Waals surface area (Å²) in [7, 11) is 0. The molecule has 1 heterocycles. The first-order valence-corrected chi connectivity index (χ1v) is 8.32. The van der Waals surface area contributed by atoms with Crippen LogP contribution in [-0.4, -0.2) is 41.9 Å². The van der Waals surface area contributed by atoms with Gasteiger partial charge >= 0.3 is 0 Å². The van der Waals surface area contributed by atoms with E-state index in [0.29, 0.717) is 25.4 Å². The Bertz CT molecular complexity index is 573. The van der Waals surface area contributed by atoms with Crippen LogP contribution < -0.4 is 17.1 Å². The van der Waals surface area contributed by atoms with Crippen LogP contribution in [-0.2, 0) is 16.0 Å². The van der Waals surface area contributed by atoms with E-state index in [-0.39, 0.29) is 11.9 Å². The van der Waals surface area contributed by atoms with Gasteiger partial charge in [-0.1, -0.05) is 43.2 Å². The third-order valence-corrected chi connectivity index (χ3v) is 4.29. The van der Waals surface area contributed by atoms with Gasteiger partial charge in [0.2, 0.25) is 0 Å². The molecule has 2 unspecified atom stereocenters. The summed E-state index contributed by atoms with van der Waals surface area (Å²) >= 11 is 0. The number of carbonyl (C=O) groups is 1. The van der Waals surface area contributed by atoms with Crippen molar-refractivity contribution in [1.29, 1.82) is 0 Å². The molecule has 7 nitrogen and oxygen atoms in total. The van der Waals surface area contributed by atoms with Crippen LogP contribution in [0, 0.1) is 6.92 Å². The molecular weight excluding hydrogens is 306 g/mol. The van der Waals surface area contributed by atoms with Crippen molar-refractivity contribution in [3.63, 3.8) is 0 Å². The molecule has 1 aromatic rings. The number of aryl methyl sites for hydroxylation is 1. The summed E-state index contributed by atoms with van der Waals surface area (Å²) in [5.41, 5.74) is 4.79. The van der Waals surface area contributed by atoms with Gasteiger partial charge in [0.15, 0.2) is 5.84 Å². The predicted octanol–water partition coefficient (Wildman–Crippen LogP) is 0.669. The lowest BCUT2D eigenvalue weighted by Gasteiger charge is -2.38. The average Bonchev–Trinajstić information content (AvgIpc) is 2.59. The number of hydrazine groups is 1. The van der Waals surface area contributed by atoms with Gasteiger partial charge in [0, 0.05) is 13.0 Å². The summed E-state index contributed by atoms with van der Waals surface area (Å²) in [5, 5.41) is 3.70. The van der Waals surface area contributed by atoms with Gasteiger partial charge in [0.05, 0.1) is 12.6 Å². The van der Waals surface area contributed by atoms with Gasteiger partial charge in [0.1, 0.15) is 6.10 Å². The summed E-state index contributed by atoms with van der Waals surface area (Å²) in [6.07, 6.45) is 1.69. The molecule has 2 rings (SSSR count). The number of carbonyl (C=O) groups excluding carboxylic acids is 1. The molecule has 0 radical (unpaired) electrons. The van der Waals surface area contributed by atoms with Crippen molar-refractivity contribution in [3.05, 3.63) is 35.4 Å². The normalized spacial score (nSPS) is 20.1. The first-order valence-electron chi connectivity index (χ1n) is 8.32. The molecule has 1 aromatic carbocycles. The Morgan fingerprint density at radius 1 is 1.46 bits per heavy atom. The largest absolute Gasteiger partial charge is 0.366 e. The van der Waals surface area contributed by atoms with Gasteiger partial charge in [-0.15, -0.1) is 0 Å². The average molecular weight is 333 g/mol. The first-order chi connectivity index (χ1) is 11.6. The highest BCUT2D eigenvalue weighted by Crippen LogP contribution is 2.18. The molecule has 0 bridgehead atoms. The Balaban J connectivity index is 2.13. The summed E-state index contributed by atoms with van der Waals surface area (Å²) in [4.78, 5) is 14.7. The Hall–Kier alpha value is -2.12. The number of nitrogens with zero attached hydrogens (tertiary/aromatic N) is 2. The molecule has 1 aliphatic rings. The van der Waals surface area contributed by atoms with Gasteiger partial charge in [-0.25, -0.2) is 5.84 Å². The van der Waals surface area contributed by atoms with E-state index >= 15 is 0 Å². The monoisotopic (exact) mass is 333 g/mol. The molecule has 0 aliphatic carbocycles. The van der Waals surface area contributed by atoms with E-state index in [2.05, 4.69) is 10.5 Å². The van der Waals surface area contributed by atoms with Crippen molar-refractivity contribution >= 4 is 11.7 Å². The third-order valence-electron chi connectivity index (χ3n) is 4.29. The van der Waals surface area contributed by atoms with E-state index in [4.69, 9.17) is 16.4 Å². The molecular formula is C17H27N5O2. The molecule has 5 N–H and O–H groups in total. The van der Waals surface area contributed by atoms with Crippen molar-refractivity contribution in [3.8, 4) is 0 Å². The highest BCUT2D eigenvalue weighted by molar-refractivity contribution is 5.92. The number of hydrazone groups is 1. The molecule has 1 fully saturated rings. The number of rotatable bonds is 6. The zero-order valence-corrected chi connectivity index (χ0v) is 14.4. The fraction of sp³-hybridized carbons (Fsp3) is 0.529. The van der Waals surface area contributed by atoms with Crippen molar-refractivity contribution in [2.75, 3.05) is 13.2 Å². The number of amidine groups is 1. The van der Waals surface area contributed by atoms with Crippen LogP contribution >= 0.6 is 0 Å². The van der Waals surface area contributed by atoms with Crippen LogP contribution in [0.5, 0.6) is 0 Å².